The Balaban J connectivity index is 1.31. The number of nitrogens with zero attached hydrogens (tertiary/aromatic N) is 2. The molecule has 3 amide bonds. The van der Waals surface area contributed by atoms with Crippen LogP contribution in [0, 0.1) is 0 Å². The van der Waals surface area contributed by atoms with E-state index < -0.39 is 18.1 Å². The number of para-hydroxylation sites is 1. The minimum absolute atomic E-state index is 0.0605. The molecule has 0 radical (unpaired) electrons. The molecule has 3 aromatic carbocycles. The highest BCUT2D eigenvalue weighted by Crippen LogP contribution is 2.32. The van der Waals surface area contributed by atoms with Gasteiger partial charge in [-0.05, 0) is 30.7 Å². The Morgan fingerprint density at radius 3 is 2.57 bits per heavy atom. The maximum atomic E-state index is 13.3. The van der Waals surface area contributed by atoms with Gasteiger partial charge in [-0.15, -0.1) is 0 Å². The van der Waals surface area contributed by atoms with Crippen LogP contribution in [0.5, 0.6) is 11.5 Å². The average Bonchev–Trinajstić information content (AvgIpc) is 3.35. The molecule has 188 valence electrons. The van der Waals surface area contributed by atoms with E-state index in [-0.39, 0.29) is 25.0 Å². The zero-order valence-electron chi connectivity index (χ0n) is 20.4. The van der Waals surface area contributed by atoms with Crippen molar-refractivity contribution in [2.24, 2.45) is 4.99 Å². The number of carbonyl (C=O) groups excluding carboxylic acids is 3. The minimum atomic E-state index is -1.16. The molecule has 5 rings (SSSR count). The topological polar surface area (TPSA) is 109 Å². The van der Waals surface area contributed by atoms with E-state index in [1.807, 2.05) is 54.6 Å². The second kappa shape index (κ2) is 10.1. The summed E-state index contributed by atoms with van der Waals surface area (Å²) in [6, 6.07) is 21.3. The molecule has 2 aliphatic heterocycles. The molecule has 0 spiro atoms. The zero-order valence-corrected chi connectivity index (χ0v) is 20.4. The number of carbonyl (C=O) groups is 3. The lowest BCUT2D eigenvalue weighted by molar-refractivity contribution is -0.130. The van der Waals surface area contributed by atoms with Crippen LogP contribution in [0.2, 0.25) is 0 Å². The number of benzene rings is 3. The number of rotatable bonds is 6. The number of likely N-dealkylation sites (N-methyl/N-ethyl adjacent to an activating group) is 1. The molecular weight excluding hydrogens is 472 g/mol. The van der Waals surface area contributed by atoms with Crippen molar-refractivity contribution < 1.29 is 23.9 Å². The molecule has 0 aliphatic carbocycles. The zero-order chi connectivity index (χ0) is 25.9. The third-order valence-corrected chi connectivity index (χ3v) is 6.24. The van der Waals surface area contributed by atoms with Crippen molar-refractivity contribution in [2.45, 2.75) is 25.6 Å². The van der Waals surface area contributed by atoms with Gasteiger partial charge < -0.3 is 25.0 Å². The number of hydrogen-bond donors (Lipinski definition) is 2. The van der Waals surface area contributed by atoms with Gasteiger partial charge in [-0.1, -0.05) is 54.6 Å². The molecule has 0 bridgehead atoms. The number of aliphatic imine (C=N–C) groups is 1. The van der Waals surface area contributed by atoms with Crippen LogP contribution in [0.4, 0.5) is 5.69 Å². The predicted molar refractivity (Wildman–Crippen MR) is 138 cm³/mol. The van der Waals surface area contributed by atoms with Crippen LogP contribution >= 0.6 is 0 Å². The molecule has 0 saturated heterocycles. The second-order valence-electron chi connectivity index (χ2n) is 8.82. The van der Waals surface area contributed by atoms with Gasteiger partial charge in [0, 0.05) is 18.2 Å². The van der Waals surface area contributed by atoms with Crippen LogP contribution in [0.25, 0.3) is 0 Å². The Bertz CT molecular complexity index is 1390. The minimum Gasteiger partial charge on any atom is -0.454 e. The largest absolute Gasteiger partial charge is 0.454 e. The summed E-state index contributed by atoms with van der Waals surface area (Å²) < 4.78 is 10.6. The fourth-order valence-electron chi connectivity index (χ4n) is 4.30. The van der Waals surface area contributed by atoms with E-state index in [2.05, 4.69) is 15.6 Å². The SMILES string of the molecule is CC(NC(=O)Cc1ccc2c(c1)OCO2)C(=O)NC1N=C(c2ccccc2)c2ccccc2N(C)C1=O. The number of hydrogen-bond acceptors (Lipinski definition) is 6. The molecule has 0 fully saturated rings. The van der Waals surface area contributed by atoms with Crippen molar-refractivity contribution in [1.82, 2.24) is 10.6 Å². The quantitative estimate of drug-likeness (QED) is 0.543. The highest BCUT2D eigenvalue weighted by atomic mass is 16.7. The summed E-state index contributed by atoms with van der Waals surface area (Å²) in [4.78, 5) is 45.1. The number of amides is 3. The summed E-state index contributed by atoms with van der Waals surface area (Å²) in [5.41, 5.74) is 3.62. The summed E-state index contributed by atoms with van der Waals surface area (Å²) in [5.74, 6) is -0.0297. The number of benzodiazepines with no additional fused rings is 1. The van der Waals surface area contributed by atoms with E-state index in [1.165, 1.54) is 4.90 Å². The normalized spacial score (nSPS) is 16.8. The summed E-state index contributed by atoms with van der Waals surface area (Å²) in [5, 5.41) is 5.40. The average molecular weight is 499 g/mol. The van der Waals surface area contributed by atoms with Crippen LogP contribution in [-0.2, 0) is 20.8 Å². The van der Waals surface area contributed by atoms with Gasteiger partial charge in [0.05, 0.1) is 17.8 Å². The van der Waals surface area contributed by atoms with Crippen LogP contribution < -0.4 is 25.0 Å². The van der Waals surface area contributed by atoms with Gasteiger partial charge in [-0.2, -0.15) is 0 Å². The van der Waals surface area contributed by atoms with Crippen molar-refractivity contribution >= 4 is 29.1 Å². The van der Waals surface area contributed by atoms with Crippen LogP contribution in [0.15, 0.2) is 77.8 Å². The molecule has 37 heavy (non-hydrogen) atoms. The molecule has 9 nitrogen and oxygen atoms in total. The monoisotopic (exact) mass is 498 g/mol. The maximum Gasteiger partial charge on any atom is 0.272 e. The summed E-state index contributed by atoms with van der Waals surface area (Å²) in [7, 11) is 1.65. The van der Waals surface area contributed by atoms with Gasteiger partial charge in [-0.25, -0.2) is 4.99 Å². The third kappa shape index (κ3) is 5.02. The number of nitrogens with one attached hydrogen (secondary N) is 2. The highest BCUT2D eigenvalue weighted by Gasteiger charge is 2.32. The van der Waals surface area contributed by atoms with Crippen molar-refractivity contribution in [3.63, 3.8) is 0 Å². The Morgan fingerprint density at radius 2 is 1.76 bits per heavy atom. The van der Waals surface area contributed by atoms with Crippen molar-refractivity contribution in [3.8, 4) is 11.5 Å². The Labute approximate surface area is 214 Å². The van der Waals surface area contributed by atoms with Crippen molar-refractivity contribution in [3.05, 3.63) is 89.5 Å². The van der Waals surface area contributed by atoms with Crippen LogP contribution in [0.1, 0.15) is 23.6 Å². The van der Waals surface area contributed by atoms with Crippen LogP contribution in [0.3, 0.4) is 0 Å². The summed E-state index contributed by atoms with van der Waals surface area (Å²) in [6.45, 7) is 1.71. The van der Waals surface area contributed by atoms with Gasteiger partial charge in [0.1, 0.15) is 6.04 Å². The lowest BCUT2D eigenvalue weighted by Crippen LogP contribution is -2.52. The Morgan fingerprint density at radius 1 is 1.03 bits per heavy atom. The van der Waals surface area contributed by atoms with Gasteiger partial charge in [0.2, 0.25) is 24.8 Å². The van der Waals surface area contributed by atoms with E-state index in [1.54, 1.807) is 32.2 Å². The molecule has 3 aromatic rings. The fourth-order valence-corrected chi connectivity index (χ4v) is 4.30. The first-order valence-corrected chi connectivity index (χ1v) is 11.9. The summed E-state index contributed by atoms with van der Waals surface area (Å²) >= 11 is 0. The van der Waals surface area contributed by atoms with Crippen LogP contribution in [-0.4, -0.2) is 49.5 Å². The molecule has 2 heterocycles. The van der Waals surface area contributed by atoms with E-state index in [0.29, 0.717) is 22.9 Å². The molecular formula is C28H26N4O5. The maximum absolute atomic E-state index is 13.3. The first-order valence-electron chi connectivity index (χ1n) is 11.9. The molecule has 2 unspecified atom stereocenters. The first-order chi connectivity index (χ1) is 17.9. The van der Waals surface area contributed by atoms with E-state index in [4.69, 9.17) is 9.47 Å². The van der Waals surface area contributed by atoms with E-state index in [9.17, 15) is 14.4 Å². The lowest BCUT2D eigenvalue weighted by atomic mass is 10.0. The van der Waals surface area contributed by atoms with Gasteiger partial charge in [0.25, 0.3) is 5.91 Å². The molecule has 9 heteroatoms. The Hall–Kier alpha value is -4.66. The van der Waals surface area contributed by atoms with Gasteiger partial charge >= 0.3 is 0 Å². The lowest BCUT2D eigenvalue weighted by Gasteiger charge is -2.22. The molecule has 2 aliphatic rings. The number of fused-ring (bicyclic) bond motifs is 2. The standard InChI is InChI=1S/C28H26N4O5/c1-17(29-24(33)15-18-12-13-22-23(14-18)37-16-36-22)27(34)31-26-28(35)32(2)21-11-7-6-10-20(21)25(30-26)19-8-4-3-5-9-19/h3-14,17,26H,15-16H2,1-2H3,(H,29,33)(H,31,34). The number of ether oxygens (including phenoxy) is 2. The van der Waals surface area contributed by atoms with Crippen molar-refractivity contribution in [2.75, 3.05) is 18.7 Å². The summed E-state index contributed by atoms with van der Waals surface area (Å²) in [6.07, 6.45) is -1.10. The van der Waals surface area contributed by atoms with Gasteiger partial charge in [0.15, 0.2) is 11.5 Å². The second-order valence-corrected chi connectivity index (χ2v) is 8.82. The van der Waals surface area contributed by atoms with E-state index in [0.717, 1.165) is 16.7 Å². The van der Waals surface area contributed by atoms with Gasteiger partial charge in [-0.3, -0.25) is 14.4 Å². The molecule has 2 N–H and O–H groups in total. The number of anilines is 1. The molecule has 0 aromatic heterocycles. The first kappa shape index (κ1) is 24.1. The Kier molecular flexibility index (Phi) is 6.59. The third-order valence-electron chi connectivity index (χ3n) is 6.24. The van der Waals surface area contributed by atoms with Crippen molar-refractivity contribution in [1.29, 1.82) is 0 Å². The molecule has 0 saturated carbocycles. The highest BCUT2D eigenvalue weighted by molar-refractivity contribution is 6.20. The fraction of sp³-hybridized carbons (Fsp3) is 0.214. The molecule has 2 atom stereocenters. The predicted octanol–water partition coefficient (Wildman–Crippen LogP) is 2.42. The van der Waals surface area contributed by atoms with E-state index >= 15 is 0 Å². The smallest absolute Gasteiger partial charge is 0.272 e.